The molecule has 0 radical (unpaired) electrons. The minimum Gasteiger partial charge on any atom is -0.548 e. The summed E-state index contributed by atoms with van der Waals surface area (Å²) in [5, 5.41) is 20.4. The number of rotatable bonds is 6. The molecule has 0 aliphatic rings. The summed E-state index contributed by atoms with van der Waals surface area (Å²) in [4.78, 5) is 11.2. The molecule has 2 aromatic rings. The number of nitriles is 1. The molecule has 0 aliphatic heterocycles. The average molecular weight is 364 g/mol. The fourth-order valence-electron chi connectivity index (χ4n) is 1.99. The molecule has 2 rings (SSSR count). The number of hydrogen-bond acceptors (Lipinski definition) is 5. The van der Waals surface area contributed by atoms with Crippen LogP contribution in [0.4, 0.5) is 0 Å². The molecule has 1 N–H and O–H groups in total. The molecule has 0 spiro atoms. The van der Waals surface area contributed by atoms with Gasteiger partial charge in [0.15, 0.2) is 0 Å². The first-order valence-corrected chi connectivity index (χ1v) is 8.66. The van der Waals surface area contributed by atoms with Crippen LogP contribution in [-0.2, 0) is 21.2 Å². The van der Waals surface area contributed by atoms with Crippen molar-refractivity contribution in [1.29, 1.82) is 5.26 Å². The number of hydrogen-bond donors (Lipinski definition) is 1. The quantitative estimate of drug-likeness (QED) is 0.818. The molecule has 24 heavy (non-hydrogen) atoms. The predicted molar refractivity (Wildman–Crippen MR) is 85.4 cm³/mol. The van der Waals surface area contributed by atoms with Gasteiger partial charge in [0.2, 0.25) is 10.0 Å². The Labute approximate surface area is 144 Å². The van der Waals surface area contributed by atoms with Crippen LogP contribution in [0.3, 0.4) is 0 Å². The van der Waals surface area contributed by atoms with Crippen molar-refractivity contribution in [2.24, 2.45) is 0 Å². The second kappa shape index (κ2) is 7.45. The number of aliphatic carboxylic acids is 1. The van der Waals surface area contributed by atoms with E-state index in [0.717, 1.165) is 0 Å². The van der Waals surface area contributed by atoms with Crippen LogP contribution in [0.15, 0.2) is 53.4 Å². The highest BCUT2D eigenvalue weighted by Crippen LogP contribution is 2.15. The molecule has 2 aromatic carbocycles. The fraction of sp³-hybridized carbons (Fsp3) is 0.125. The Morgan fingerprint density at radius 1 is 1.17 bits per heavy atom. The number of carboxylic acids is 1. The second-order valence-electron chi connectivity index (χ2n) is 4.96. The Morgan fingerprint density at radius 3 is 2.25 bits per heavy atom. The van der Waals surface area contributed by atoms with Gasteiger partial charge in [-0.25, -0.2) is 13.1 Å². The number of carbonyl (C=O) groups excluding carboxylic acids is 1. The minimum atomic E-state index is -4.04. The Morgan fingerprint density at radius 2 is 1.75 bits per heavy atom. The number of nitrogens with zero attached hydrogens (tertiary/aromatic N) is 1. The lowest BCUT2D eigenvalue weighted by molar-refractivity contribution is -0.307. The van der Waals surface area contributed by atoms with Crippen LogP contribution < -0.4 is 9.83 Å². The third kappa shape index (κ3) is 4.55. The summed E-state index contributed by atoms with van der Waals surface area (Å²) in [5.74, 6) is -1.54. The van der Waals surface area contributed by atoms with Crippen LogP contribution in [0.5, 0.6) is 0 Å². The van der Waals surface area contributed by atoms with Crippen molar-refractivity contribution in [3.05, 3.63) is 64.7 Å². The van der Waals surface area contributed by atoms with Gasteiger partial charge < -0.3 is 9.90 Å². The number of carbonyl (C=O) groups is 1. The van der Waals surface area contributed by atoms with Crippen LogP contribution in [0, 0.1) is 11.3 Å². The maximum atomic E-state index is 12.3. The molecule has 0 amide bonds. The van der Waals surface area contributed by atoms with Gasteiger partial charge in [-0.3, -0.25) is 0 Å². The molecular weight excluding hydrogens is 352 g/mol. The van der Waals surface area contributed by atoms with Crippen LogP contribution in [0.25, 0.3) is 0 Å². The van der Waals surface area contributed by atoms with Gasteiger partial charge in [-0.1, -0.05) is 23.7 Å². The van der Waals surface area contributed by atoms with Crippen molar-refractivity contribution in [2.45, 2.75) is 17.4 Å². The van der Waals surface area contributed by atoms with Crippen LogP contribution in [0.2, 0.25) is 5.02 Å². The van der Waals surface area contributed by atoms with Crippen LogP contribution >= 0.6 is 11.6 Å². The Bertz CT molecular complexity index is 872. The number of carboxylic acid groups (broad SMARTS) is 1. The first-order chi connectivity index (χ1) is 11.3. The average Bonchev–Trinajstić information content (AvgIpc) is 2.55. The van der Waals surface area contributed by atoms with E-state index < -0.39 is 22.0 Å². The van der Waals surface area contributed by atoms with E-state index in [1.807, 2.05) is 6.07 Å². The summed E-state index contributed by atoms with van der Waals surface area (Å²) < 4.78 is 26.6. The molecule has 6 nitrogen and oxygen atoms in total. The van der Waals surface area contributed by atoms with Gasteiger partial charge in [0.1, 0.15) is 0 Å². The van der Waals surface area contributed by atoms with E-state index in [2.05, 4.69) is 4.72 Å². The fourth-order valence-corrected chi connectivity index (χ4v) is 3.30. The van der Waals surface area contributed by atoms with Gasteiger partial charge in [0.25, 0.3) is 0 Å². The molecule has 0 fully saturated rings. The van der Waals surface area contributed by atoms with E-state index in [4.69, 9.17) is 16.9 Å². The van der Waals surface area contributed by atoms with Gasteiger partial charge in [0.05, 0.1) is 28.5 Å². The third-order valence-corrected chi connectivity index (χ3v) is 4.97. The summed E-state index contributed by atoms with van der Waals surface area (Å²) in [7, 11) is -4.04. The zero-order valence-corrected chi connectivity index (χ0v) is 13.8. The number of sulfonamides is 1. The largest absolute Gasteiger partial charge is 0.548 e. The van der Waals surface area contributed by atoms with Gasteiger partial charge in [-0.2, -0.15) is 5.26 Å². The zero-order valence-electron chi connectivity index (χ0n) is 12.3. The van der Waals surface area contributed by atoms with E-state index in [9.17, 15) is 18.3 Å². The summed E-state index contributed by atoms with van der Waals surface area (Å²) >= 11 is 5.71. The van der Waals surface area contributed by atoms with Crippen molar-refractivity contribution in [3.8, 4) is 6.07 Å². The molecule has 0 aromatic heterocycles. The molecule has 0 bridgehead atoms. The van der Waals surface area contributed by atoms with E-state index >= 15 is 0 Å². The van der Waals surface area contributed by atoms with E-state index in [1.165, 1.54) is 36.4 Å². The summed E-state index contributed by atoms with van der Waals surface area (Å²) in [6, 6.07) is 12.0. The predicted octanol–water partition coefficient (Wildman–Crippen LogP) is 0.851. The zero-order chi connectivity index (χ0) is 17.7. The molecule has 8 heteroatoms. The highest BCUT2D eigenvalue weighted by atomic mass is 35.5. The monoisotopic (exact) mass is 363 g/mol. The number of nitrogens with one attached hydrogen (secondary N) is 1. The molecule has 0 aliphatic carbocycles. The van der Waals surface area contributed by atoms with Gasteiger partial charge in [-0.05, 0) is 48.4 Å². The van der Waals surface area contributed by atoms with E-state index in [0.29, 0.717) is 16.1 Å². The molecule has 1 atom stereocenters. The highest BCUT2D eigenvalue weighted by molar-refractivity contribution is 7.89. The van der Waals surface area contributed by atoms with Crippen molar-refractivity contribution in [1.82, 2.24) is 4.72 Å². The van der Waals surface area contributed by atoms with Gasteiger partial charge in [-0.15, -0.1) is 0 Å². The topological polar surface area (TPSA) is 110 Å². The Kier molecular flexibility index (Phi) is 5.57. The Balaban J connectivity index is 2.20. The van der Waals surface area contributed by atoms with Crippen molar-refractivity contribution in [2.75, 3.05) is 0 Å². The summed E-state index contributed by atoms with van der Waals surface area (Å²) in [6.45, 7) is 0. The molecular formula is C16H12ClN2O4S-. The van der Waals surface area contributed by atoms with E-state index in [1.54, 1.807) is 12.1 Å². The van der Waals surface area contributed by atoms with Crippen molar-refractivity contribution >= 4 is 27.6 Å². The normalized spacial score (nSPS) is 12.3. The number of benzene rings is 2. The lowest BCUT2D eigenvalue weighted by Crippen LogP contribution is -2.49. The smallest absolute Gasteiger partial charge is 0.241 e. The standard InChI is InChI=1S/C16H13ClN2O4S/c17-13-5-7-14(8-6-13)24(22,23)19-15(16(20)21)9-11-1-3-12(10-18)4-2-11/h1-8,15,19H,9H2,(H,20,21)/p-1/t15-/m0/s1. The maximum absolute atomic E-state index is 12.3. The van der Waals surface area contributed by atoms with Gasteiger partial charge >= 0.3 is 0 Å². The number of halogens is 1. The minimum absolute atomic E-state index is 0.0991. The molecule has 0 saturated heterocycles. The van der Waals surface area contributed by atoms with Crippen molar-refractivity contribution in [3.63, 3.8) is 0 Å². The lowest BCUT2D eigenvalue weighted by Gasteiger charge is -2.20. The summed E-state index contributed by atoms with van der Waals surface area (Å²) in [5.41, 5.74) is 0.979. The SMILES string of the molecule is N#Cc1ccc(C[C@H](NS(=O)(=O)c2ccc(Cl)cc2)C(=O)[O-])cc1. The third-order valence-electron chi connectivity index (χ3n) is 3.23. The van der Waals surface area contributed by atoms with E-state index in [-0.39, 0.29) is 11.3 Å². The molecule has 0 saturated carbocycles. The van der Waals surface area contributed by atoms with Crippen LogP contribution in [-0.4, -0.2) is 20.4 Å². The van der Waals surface area contributed by atoms with Gasteiger partial charge in [0, 0.05) is 5.02 Å². The highest BCUT2D eigenvalue weighted by Gasteiger charge is 2.21. The maximum Gasteiger partial charge on any atom is 0.241 e. The summed E-state index contributed by atoms with van der Waals surface area (Å²) in [6.07, 6.45) is -0.110. The molecule has 0 heterocycles. The lowest BCUT2D eigenvalue weighted by atomic mass is 10.1. The molecule has 0 unspecified atom stereocenters. The first kappa shape index (κ1) is 17.9. The van der Waals surface area contributed by atoms with Crippen molar-refractivity contribution < 1.29 is 18.3 Å². The second-order valence-corrected chi connectivity index (χ2v) is 7.11. The Hall–Kier alpha value is -2.40. The van der Waals surface area contributed by atoms with Crippen LogP contribution in [0.1, 0.15) is 11.1 Å². The molecule has 124 valence electrons. The first-order valence-electron chi connectivity index (χ1n) is 6.79.